The highest BCUT2D eigenvalue weighted by Crippen LogP contribution is 2.55. The van der Waals surface area contributed by atoms with Gasteiger partial charge in [-0.3, -0.25) is 0 Å². The molecular formula is C18H8F12. The number of rotatable bonds is 4. The summed E-state index contributed by atoms with van der Waals surface area (Å²) in [6.07, 6.45) is -13.7. The van der Waals surface area contributed by atoms with E-state index in [9.17, 15) is 52.7 Å². The SMILES string of the molecule is Fc1ccc(C(=C(C(F)(F)C(F)(F)F)C(F)(F)C(F)(F)F)c2ccc(F)cc2)cc1. The van der Waals surface area contributed by atoms with Crippen molar-refractivity contribution in [3.8, 4) is 0 Å². The molecule has 0 amide bonds. The van der Waals surface area contributed by atoms with Crippen LogP contribution in [0.5, 0.6) is 0 Å². The van der Waals surface area contributed by atoms with Crippen LogP contribution < -0.4 is 0 Å². The van der Waals surface area contributed by atoms with E-state index >= 15 is 0 Å². The lowest BCUT2D eigenvalue weighted by molar-refractivity contribution is -0.307. The first-order valence-corrected chi connectivity index (χ1v) is 7.66. The maximum absolute atomic E-state index is 14.1. The van der Waals surface area contributed by atoms with Gasteiger partial charge in [0.1, 0.15) is 11.6 Å². The highest BCUT2D eigenvalue weighted by molar-refractivity contribution is 5.84. The Kier molecular flexibility index (Phi) is 5.94. The Labute approximate surface area is 160 Å². The number of benzene rings is 2. The van der Waals surface area contributed by atoms with Crippen LogP contribution in [-0.2, 0) is 0 Å². The largest absolute Gasteiger partial charge is 0.457 e. The van der Waals surface area contributed by atoms with Crippen molar-refractivity contribution < 1.29 is 52.7 Å². The second-order valence-electron chi connectivity index (χ2n) is 5.91. The number of hydrogen-bond donors (Lipinski definition) is 0. The third kappa shape index (κ3) is 4.26. The molecule has 0 N–H and O–H groups in total. The van der Waals surface area contributed by atoms with E-state index in [1.54, 1.807) is 0 Å². The molecule has 12 heteroatoms. The number of alkyl halides is 10. The molecule has 0 heterocycles. The van der Waals surface area contributed by atoms with Gasteiger partial charge >= 0.3 is 24.2 Å². The third-order valence-corrected chi connectivity index (χ3v) is 3.86. The van der Waals surface area contributed by atoms with Crippen molar-refractivity contribution >= 4 is 5.57 Å². The van der Waals surface area contributed by atoms with Crippen molar-refractivity contribution in [3.63, 3.8) is 0 Å². The topological polar surface area (TPSA) is 0 Å². The maximum Gasteiger partial charge on any atom is 0.457 e. The Hall–Kier alpha value is -2.66. The average Bonchev–Trinajstić information content (AvgIpc) is 2.59. The summed E-state index contributed by atoms with van der Waals surface area (Å²) in [5, 5.41) is 0. The number of allylic oxidation sites excluding steroid dienone is 1. The minimum atomic E-state index is -6.84. The molecule has 2 aromatic carbocycles. The van der Waals surface area contributed by atoms with Crippen LogP contribution in [0.2, 0.25) is 0 Å². The molecule has 0 aliphatic carbocycles. The molecule has 2 aromatic rings. The Morgan fingerprint density at radius 2 is 0.733 bits per heavy atom. The molecule has 0 saturated heterocycles. The molecule has 0 nitrogen and oxygen atoms in total. The fourth-order valence-corrected chi connectivity index (χ4v) is 2.48. The number of hydrogen-bond acceptors (Lipinski definition) is 0. The highest BCUT2D eigenvalue weighted by atomic mass is 19.4. The average molecular weight is 452 g/mol. The smallest absolute Gasteiger partial charge is 0.207 e. The van der Waals surface area contributed by atoms with E-state index in [-0.39, 0.29) is 0 Å². The molecule has 2 rings (SSSR count). The molecule has 164 valence electrons. The third-order valence-electron chi connectivity index (χ3n) is 3.86. The fourth-order valence-electron chi connectivity index (χ4n) is 2.48. The van der Waals surface area contributed by atoms with Crippen LogP contribution in [0.15, 0.2) is 54.1 Å². The van der Waals surface area contributed by atoms with Gasteiger partial charge in [-0.05, 0) is 35.4 Å². The molecule has 30 heavy (non-hydrogen) atoms. The van der Waals surface area contributed by atoms with Crippen molar-refractivity contribution in [2.75, 3.05) is 0 Å². The van der Waals surface area contributed by atoms with Crippen LogP contribution in [0.1, 0.15) is 11.1 Å². The van der Waals surface area contributed by atoms with Gasteiger partial charge < -0.3 is 0 Å². The zero-order valence-electron chi connectivity index (χ0n) is 14.2. The van der Waals surface area contributed by atoms with Crippen LogP contribution in [0.4, 0.5) is 52.7 Å². The Morgan fingerprint density at radius 3 is 0.967 bits per heavy atom. The van der Waals surface area contributed by atoms with E-state index < -0.39 is 58.1 Å². The van der Waals surface area contributed by atoms with Crippen LogP contribution in [0, 0.1) is 11.6 Å². The van der Waals surface area contributed by atoms with Crippen molar-refractivity contribution in [3.05, 3.63) is 76.9 Å². The van der Waals surface area contributed by atoms with Gasteiger partial charge in [-0.1, -0.05) is 24.3 Å². The Morgan fingerprint density at radius 1 is 0.467 bits per heavy atom. The Balaban J connectivity index is 3.09. The summed E-state index contributed by atoms with van der Waals surface area (Å²) < 4.78 is 160. The van der Waals surface area contributed by atoms with Gasteiger partial charge in [0.25, 0.3) is 0 Å². The minimum Gasteiger partial charge on any atom is -0.207 e. The molecule has 0 aromatic heterocycles. The van der Waals surface area contributed by atoms with Crippen LogP contribution in [0.25, 0.3) is 5.57 Å². The lowest BCUT2D eigenvalue weighted by Gasteiger charge is -2.32. The summed E-state index contributed by atoms with van der Waals surface area (Å²) in [7, 11) is 0. The fraction of sp³-hybridized carbons (Fsp3) is 0.222. The van der Waals surface area contributed by atoms with E-state index in [1.807, 2.05) is 0 Å². The van der Waals surface area contributed by atoms with Crippen LogP contribution in [0.3, 0.4) is 0 Å². The second-order valence-corrected chi connectivity index (χ2v) is 5.91. The van der Waals surface area contributed by atoms with E-state index in [0.717, 1.165) is 0 Å². The summed E-state index contributed by atoms with van der Waals surface area (Å²) in [6.45, 7) is 0. The molecule has 0 bridgehead atoms. The molecule has 0 spiro atoms. The van der Waals surface area contributed by atoms with Gasteiger partial charge in [0.15, 0.2) is 0 Å². The summed E-state index contributed by atoms with van der Waals surface area (Å²) >= 11 is 0. The van der Waals surface area contributed by atoms with Crippen molar-refractivity contribution in [1.29, 1.82) is 0 Å². The van der Waals surface area contributed by atoms with Gasteiger partial charge in [0.2, 0.25) is 0 Å². The molecule has 0 unspecified atom stereocenters. The standard InChI is InChI=1S/C18H8F12/c19-11-5-1-9(2-6-11)13(10-3-7-12(20)8-4-10)14(15(21,22)17(25,26)27)16(23,24)18(28,29)30/h1-8H. The maximum atomic E-state index is 14.1. The van der Waals surface area contributed by atoms with Crippen LogP contribution >= 0.6 is 0 Å². The summed E-state index contributed by atoms with van der Waals surface area (Å²) in [5.41, 5.74) is -7.51. The first-order chi connectivity index (χ1) is 13.5. The number of halogens is 12. The summed E-state index contributed by atoms with van der Waals surface area (Å²) in [6, 6.07) is 3.56. The molecule has 0 aliphatic heterocycles. The monoisotopic (exact) mass is 452 g/mol. The lowest BCUT2D eigenvalue weighted by Crippen LogP contribution is -2.51. The van der Waals surface area contributed by atoms with Crippen LogP contribution in [-0.4, -0.2) is 24.2 Å². The van der Waals surface area contributed by atoms with Gasteiger partial charge in [-0.25, -0.2) is 8.78 Å². The van der Waals surface area contributed by atoms with E-state index in [4.69, 9.17) is 0 Å². The van der Waals surface area contributed by atoms with Crippen molar-refractivity contribution in [1.82, 2.24) is 0 Å². The summed E-state index contributed by atoms with van der Waals surface area (Å²) in [4.78, 5) is 0. The van der Waals surface area contributed by atoms with E-state index in [2.05, 4.69) is 0 Å². The van der Waals surface area contributed by atoms with Gasteiger partial charge in [-0.2, -0.15) is 43.9 Å². The predicted octanol–water partition coefficient (Wildman–Crippen LogP) is 7.16. The first kappa shape index (κ1) is 23.6. The predicted molar refractivity (Wildman–Crippen MR) is 80.8 cm³/mol. The van der Waals surface area contributed by atoms with Crippen molar-refractivity contribution in [2.45, 2.75) is 24.2 Å². The zero-order valence-corrected chi connectivity index (χ0v) is 14.2. The van der Waals surface area contributed by atoms with E-state index in [1.165, 1.54) is 0 Å². The second kappa shape index (κ2) is 7.55. The Bertz CT molecular complexity index is 840. The minimum absolute atomic E-state index is 0.437. The van der Waals surface area contributed by atoms with Gasteiger partial charge in [0.05, 0.1) is 5.57 Å². The van der Waals surface area contributed by atoms with Gasteiger partial charge in [0, 0.05) is 5.57 Å². The molecule has 0 fully saturated rings. The highest BCUT2D eigenvalue weighted by Gasteiger charge is 2.73. The molecule has 0 aliphatic rings. The quantitative estimate of drug-likeness (QED) is 0.432. The summed E-state index contributed by atoms with van der Waals surface area (Å²) in [5.74, 6) is -15.5. The lowest BCUT2D eigenvalue weighted by atomic mass is 9.86. The molecule has 0 atom stereocenters. The van der Waals surface area contributed by atoms with Crippen molar-refractivity contribution in [2.24, 2.45) is 0 Å². The first-order valence-electron chi connectivity index (χ1n) is 7.66. The van der Waals surface area contributed by atoms with Gasteiger partial charge in [-0.15, -0.1) is 0 Å². The zero-order chi connectivity index (χ0) is 23.1. The van der Waals surface area contributed by atoms with E-state index in [0.29, 0.717) is 48.5 Å². The normalized spacial score (nSPS) is 13.3. The molecular weight excluding hydrogens is 444 g/mol. The molecule has 0 radical (unpaired) electrons. The molecule has 0 saturated carbocycles.